The molecule has 144 valence electrons. The van der Waals surface area contributed by atoms with Crippen LogP contribution in [0.25, 0.3) is 0 Å². The van der Waals surface area contributed by atoms with E-state index in [0.717, 1.165) is 43.5 Å². The number of likely N-dealkylation sites (N-methyl/N-ethyl adjacent to an activating group) is 1. The smallest absolute Gasteiger partial charge is 0.191 e. The summed E-state index contributed by atoms with van der Waals surface area (Å²) in [5, 5.41) is 6.80. The van der Waals surface area contributed by atoms with Gasteiger partial charge in [-0.25, -0.2) is 4.98 Å². The predicted octanol–water partition coefficient (Wildman–Crippen LogP) is 2.26. The van der Waals surface area contributed by atoms with E-state index in [1.54, 1.807) is 7.05 Å². The lowest BCUT2D eigenvalue weighted by atomic mass is 10.1. The highest BCUT2D eigenvalue weighted by Gasteiger charge is 2.15. The number of benzene rings is 1. The van der Waals surface area contributed by atoms with Gasteiger partial charge in [0.25, 0.3) is 0 Å². The van der Waals surface area contributed by atoms with E-state index < -0.39 is 0 Å². The molecule has 0 spiro atoms. The van der Waals surface area contributed by atoms with Gasteiger partial charge in [-0.2, -0.15) is 0 Å². The van der Waals surface area contributed by atoms with Gasteiger partial charge in [-0.3, -0.25) is 4.99 Å². The molecule has 2 heterocycles. The van der Waals surface area contributed by atoms with E-state index in [-0.39, 0.29) is 6.04 Å². The van der Waals surface area contributed by atoms with Crippen LogP contribution in [-0.2, 0) is 6.54 Å². The molecule has 1 aromatic heterocycles. The highest BCUT2D eigenvalue weighted by Crippen LogP contribution is 2.14. The van der Waals surface area contributed by atoms with Gasteiger partial charge >= 0.3 is 0 Å². The highest BCUT2D eigenvalue weighted by molar-refractivity contribution is 5.80. The number of aliphatic imine (C=N–C) groups is 1. The number of anilines is 1. The molecule has 1 aliphatic heterocycles. The van der Waals surface area contributed by atoms with Gasteiger partial charge < -0.3 is 20.4 Å². The van der Waals surface area contributed by atoms with Crippen molar-refractivity contribution in [3.63, 3.8) is 0 Å². The van der Waals surface area contributed by atoms with Crippen molar-refractivity contribution in [3.05, 3.63) is 59.8 Å². The van der Waals surface area contributed by atoms with Crippen molar-refractivity contribution >= 4 is 11.8 Å². The number of piperazine rings is 1. The van der Waals surface area contributed by atoms with E-state index in [1.807, 2.05) is 12.3 Å². The lowest BCUT2D eigenvalue weighted by molar-refractivity contribution is 0.312. The van der Waals surface area contributed by atoms with Gasteiger partial charge in [0.05, 0.1) is 6.04 Å². The number of guanidine groups is 1. The summed E-state index contributed by atoms with van der Waals surface area (Å²) in [6.07, 6.45) is 1.95. The first-order valence-corrected chi connectivity index (χ1v) is 9.56. The van der Waals surface area contributed by atoms with Gasteiger partial charge in [0.1, 0.15) is 5.82 Å². The number of aromatic nitrogens is 1. The maximum absolute atomic E-state index is 4.65. The molecule has 0 radical (unpaired) electrons. The summed E-state index contributed by atoms with van der Waals surface area (Å²) in [5.41, 5.74) is 2.38. The zero-order chi connectivity index (χ0) is 19.1. The van der Waals surface area contributed by atoms with Crippen LogP contribution >= 0.6 is 0 Å². The number of hydrogen-bond acceptors (Lipinski definition) is 4. The first-order valence-electron chi connectivity index (χ1n) is 9.56. The van der Waals surface area contributed by atoms with Crippen molar-refractivity contribution in [2.45, 2.75) is 19.5 Å². The van der Waals surface area contributed by atoms with Crippen molar-refractivity contribution in [1.29, 1.82) is 0 Å². The summed E-state index contributed by atoms with van der Waals surface area (Å²) >= 11 is 0. The summed E-state index contributed by atoms with van der Waals surface area (Å²) < 4.78 is 0. The second-order valence-corrected chi connectivity index (χ2v) is 7.02. The molecule has 0 amide bonds. The zero-order valence-corrected chi connectivity index (χ0v) is 16.5. The fourth-order valence-electron chi connectivity index (χ4n) is 3.15. The van der Waals surface area contributed by atoms with E-state index in [1.165, 1.54) is 5.56 Å². The van der Waals surface area contributed by atoms with Crippen LogP contribution in [0.15, 0.2) is 53.7 Å². The Kier molecular flexibility index (Phi) is 6.65. The fraction of sp³-hybridized carbons (Fsp3) is 0.429. The largest absolute Gasteiger partial charge is 0.354 e. The van der Waals surface area contributed by atoms with Crippen LogP contribution in [0.4, 0.5) is 5.82 Å². The summed E-state index contributed by atoms with van der Waals surface area (Å²) in [7, 11) is 3.96. The third-order valence-corrected chi connectivity index (χ3v) is 4.97. The van der Waals surface area contributed by atoms with Gasteiger partial charge in [-0.1, -0.05) is 36.4 Å². The molecule has 2 N–H and O–H groups in total. The standard InChI is InChI=1S/C21H30N6/c1-17(19-7-5-4-6-8-19)25-21(22-2)24-16-18-9-10-20(23-15-18)27-13-11-26(3)12-14-27/h4-10,15,17H,11-14,16H2,1-3H3,(H2,22,24,25). The van der Waals surface area contributed by atoms with Gasteiger partial charge in [-0.05, 0) is 31.2 Å². The van der Waals surface area contributed by atoms with E-state index in [2.05, 4.69) is 80.8 Å². The Labute approximate surface area is 162 Å². The minimum absolute atomic E-state index is 0.190. The first-order chi connectivity index (χ1) is 13.2. The molecule has 27 heavy (non-hydrogen) atoms. The molecule has 6 nitrogen and oxygen atoms in total. The van der Waals surface area contributed by atoms with E-state index >= 15 is 0 Å². The molecule has 0 bridgehead atoms. The van der Waals surface area contributed by atoms with Crippen LogP contribution in [0.1, 0.15) is 24.1 Å². The summed E-state index contributed by atoms with van der Waals surface area (Å²) in [6, 6.07) is 14.8. The number of nitrogens with zero attached hydrogens (tertiary/aromatic N) is 4. The van der Waals surface area contributed by atoms with E-state index in [4.69, 9.17) is 0 Å². The van der Waals surface area contributed by atoms with Crippen LogP contribution in [0, 0.1) is 0 Å². The fourth-order valence-corrected chi connectivity index (χ4v) is 3.15. The van der Waals surface area contributed by atoms with Gasteiger partial charge in [0, 0.05) is 46.0 Å². The normalized spacial score (nSPS) is 16.9. The molecule has 1 fully saturated rings. The van der Waals surface area contributed by atoms with Gasteiger partial charge in [0.2, 0.25) is 0 Å². The first kappa shape index (κ1) is 19.2. The maximum atomic E-state index is 4.65. The maximum Gasteiger partial charge on any atom is 0.191 e. The molecule has 6 heteroatoms. The molecule has 2 aromatic rings. The van der Waals surface area contributed by atoms with E-state index in [9.17, 15) is 0 Å². The van der Waals surface area contributed by atoms with Crippen LogP contribution in [-0.4, -0.2) is 56.1 Å². The Morgan fingerprint density at radius 1 is 1.11 bits per heavy atom. The number of hydrogen-bond donors (Lipinski definition) is 2. The minimum atomic E-state index is 0.190. The van der Waals surface area contributed by atoms with Crippen molar-refractivity contribution in [2.75, 3.05) is 45.2 Å². The molecule has 0 saturated carbocycles. The minimum Gasteiger partial charge on any atom is -0.354 e. The average Bonchev–Trinajstić information content (AvgIpc) is 2.72. The number of pyridine rings is 1. The quantitative estimate of drug-likeness (QED) is 0.628. The summed E-state index contributed by atoms with van der Waals surface area (Å²) in [6.45, 7) is 7.08. The SMILES string of the molecule is CN=C(NCc1ccc(N2CCN(C)CC2)nc1)NC(C)c1ccccc1. The van der Waals surface area contributed by atoms with Crippen molar-refractivity contribution in [2.24, 2.45) is 4.99 Å². The second-order valence-electron chi connectivity index (χ2n) is 7.02. The molecule has 1 atom stereocenters. The van der Waals surface area contributed by atoms with Crippen LogP contribution in [0.5, 0.6) is 0 Å². The Bertz CT molecular complexity index is 720. The lowest BCUT2D eigenvalue weighted by Crippen LogP contribution is -2.44. The molecule has 1 aliphatic rings. The molecular weight excluding hydrogens is 336 g/mol. The lowest BCUT2D eigenvalue weighted by Gasteiger charge is -2.33. The highest BCUT2D eigenvalue weighted by atomic mass is 15.3. The van der Waals surface area contributed by atoms with Crippen LogP contribution in [0.2, 0.25) is 0 Å². The van der Waals surface area contributed by atoms with Crippen molar-refractivity contribution in [1.82, 2.24) is 20.5 Å². The second kappa shape index (κ2) is 9.37. The molecule has 1 aromatic carbocycles. The Hall–Kier alpha value is -2.60. The third-order valence-electron chi connectivity index (χ3n) is 4.97. The van der Waals surface area contributed by atoms with Crippen LogP contribution < -0.4 is 15.5 Å². The molecule has 3 rings (SSSR count). The van der Waals surface area contributed by atoms with Gasteiger partial charge in [-0.15, -0.1) is 0 Å². The van der Waals surface area contributed by atoms with Crippen LogP contribution in [0.3, 0.4) is 0 Å². The van der Waals surface area contributed by atoms with Gasteiger partial charge in [0.15, 0.2) is 5.96 Å². The molecular formula is C21H30N6. The molecule has 1 saturated heterocycles. The summed E-state index contributed by atoms with van der Waals surface area (Å²) in [5.74, 6) is 1.85. The number of rotatable bonds is 5. The Morgan fingerprint density at radius 2 is 1.85 bits per heavy atom. The Balaban J connectivity index is 1.51. The number of nitrogens with one attached hydrogen (secondary N) is 2. The summed E-state index contributed by atoms with van der Waals surface area (Å²) in [4.78, 5) is 13.7. The van der Waals surface area contributed by atoms with E-state index in [0.29, 0.717) is 6.54 Å². The zero-order valence-electron chi connectivity index (χ0n) is 16.5. The monoisotopic (exact) mass is 366 g/mol. The Morgan fingerprint density at radius 3 is 2.48 bits per heavy atom. The van der Waals surface area contributed by atoms with Crippen molar-refractivity contribution < 1.29 is 0 Å². The topological polar surface area (TPSA) is 55.8 Å². The molecule has 1 unspecified atom stereocenters. The third kappa shape index (κ3) is 5.44. The van der Waals surface area contributed by atoms with Crippen molar-refractivity contribution in [3.8, 4) is 0 Å². The molecule has 0 aliphatic carbocycles. The average molecular weight is 367 g/mol. The predicted molar refractivity (Wildman–Crippen MR) is 112 cm³/mol.